The maximum atomic E-state index is 13.0. The van der Waals surface area contributed by atoms with Crippen LogP contribution in [0.15, 0.2) is 42.5 Å². The molecule has 3 rings (SSSR count). The number of halogens is 1. The van der Waals surface area contributed by atoms with Gasteiger partial charge in [0.15, 0.2) is 11.5 Å². The number of carbonyl (C=O) groups is 2. The number of ether oxygens (including phenoxy) is 2. The lowest BCUT2D eigenvalue weighted by Crippen LogP contribution is -2.36. The van der Waals surface area contributed by atoms with Gasteiger partial charge in [0.25, 0.3) is 0 Å². The van der Waals surface area contributed by atoms with Crippen LogP contribution in [0, 0.1) is 5.82 Å². The molecule has 124 valence electrons. The van der Waals surface area contributed by atoms with Gasteiger partial charge in [-0.2, -0.15) is 0 Å². The normalized spacial score (nSPS) is 11.9. The van der Waals surface area contributed by atoms with Crippen LogP contribution in [-0.2, 0) is 9.59 Å². The van der Waals surface area contributed by atoms with Gasteiger partial charge < -0.3 is 19.7 Å². The Morgan fingerprint density at radius 3 is 2.54 bits per heavy atom. The molecule has 24 heavy (non-hydrogen) atoms. The Hall–Kier alpha value is -3.09. The van der Waals surface area contributed by atoms with E-state index in [9.17, 15) is 14.0 Å². The zero-order chi connectivity index (χ0) is 17.1. The highest BCUT2D eigenvalue weighted by Gasteiger charge is 2.18. The van der Waals surface area contributed by atoms with Crippen LogP contribution >= 0.6 is 0 Å². The van der Waals surface area contributed by atoms with Gasteiger partial charge in [0, 0.05) is 24.4 Å². The number of fused-ring (bicyclic) bond motifs is 1. The van der Waals surface area contributed by atoms with Crippen molar-refractivity contribution in [1.82, 2.24) is 0 Å². The third-order valence-electron chi connectivity index (χ3n) is 3.48. The van der Waals surface area contributed by atoms with Gasteiger partial charge in [0.05, 0.1) is 0 Å². The Morgan fingerprint density at radius 2 is 1.83 bits per heavy atom. The summed E-state index contributed by atoms with van der Waals surface area (Å²) >= 11 is 0. The minimum atomic E-state index is -0.410. The summed E-state index contributed by atoms with van der Waals surface area (Å²) in [6.07, 6.45) is 0. The van der Waals surface area contributed by atoms with Crippen LogP contribution < -0.4 is 19.7 Å². The molecule has 1 aliphatic heterocycles. The minimum Gasteiger partial charge on any atom is -0.454 e. The Balaban J connectivity index is 1.70. The second-order valence-corrected chi connectivity index (χ2v) is 5.20. The van der Waals surface area contributed by atoms with E-state index in [-0.39, 0.29) is 25.2 Å². The first-order valence-electron chi connectivity index (χ1n) is 7.26. The molecule has 0 atom stereocenters. The van der Waals surface area contributed by atoms with E-state index in [1.54, 1.807) is 18.2 Å². The summed E-state index contributed by atoms with van der Waals surface area (Å²) in [4.78, 5) is 25.3. The van der Waals surface area contributed by atoms with Gasteiger partial charge in [0.2, 0.25) is 18.6 Å². The molecule has 2 aromatic rings. The van der Waals surface area contributed by atoms with E-state index in [1.165, 1.54) is 36.1 Å². The third-order valence-corrected chi connectivity index (χ3v) is 3.48. The molecule has 1 heterocycles. The summed E-state index contributed by atoms with van der Waals surface area (Å²) in [5.41, 5.74) is 0.983. The average molecular weight is 330 g/mol. The molecule has 0 aromatic heterocycles. The van der Waals surface area contributed by atoms with Crippen molar-refractivity contribution in [1.29, 1.82) is 0 Å². The molecule has 6 nitrogen and oxygen atoms in total. The van der Waals surface area contributed by atoms with E-state index < -0.39 is 5.82 Å². The minimum absolute atomic E-state index is 0.148. The molecule has 0 bridgehead atoms. The SMILES string of the molecule is CC(=O)N(CC(=O)Nc1ccc2c(c1)OCO2)c1ccc(F)cc1. The molecule has 0 saturated heterocycles. The number of nitrogens with one attached hydrogen (secondary N) is 1. The predicted molar refractivity (Wildman–Crippen MR) is 85.6 cm³/mol. The Kier molecular flexibility index (Phi) is 4.33. The number of rotatable bonds is 4. The molecule has 0 saturated carbocycles. The zero-order valence-corrected chi connectivity index (χ0v) is 12.9. The number of hydrogen-bond acceptors (Lipinski definition) is 4. The van der Waals surface area contributed by atoms with Crippen molar-refractivity contribution in [2.75, 3.05) is 23.6 Å². The Bertz CT molecular complexity index is 777. The summed E-state index contributed by atoms with van der Waals surface area (Å²) in [5.74, 6) is 0.0577. The van der Waals surface area contributed by atoms with E-state index in [0.29, 0.717) is 22.9 Å². The summed E-state index contributed by atoms with van der Waals surface area (Å²) in [5, 5.41) is 2.70. The maximum absolute atomic E-state index is 13.0. The van der Waals surface area contributed by atoms with E-state index >= 15 is 0 Å². The molecule has 1 N–H and O–H groups in total. The third kappa shape index (κ3) is 3.45. The molecule has 7 heteroatoms. The van der Waals surface area contributed by atoms with Crippen LogP contribution in [0.4, 0.5) is 15.8 Å². The van der Waals surface area contributed by atoms with Crippen LogP contribution in [-0.4, -0.2) is 25.2 Å². The highest BCUT2D eigenvalue weighted by Crippen LogP contribution is 2.34. The second-order valence-electron chi connectivity index (χ2n) is 5.20. The highest BCUT2D eigenvalue weighted by atomic mass is 19.1. The molecule has 2 aromatic carbocycles. The van der Waals surface area contributed by atoms with Gasteiger partial charge in [-0.05, 0) is 36.4 Å². The van der Waals surface area contributed by atoms with Crippen LogP contribution in [0.3, 0.4) is 0 Å². The fraction of sp³-hybridized carbons (Fsp3) is 0.176. The number of anilines is 2. The van der Waals surface area contributed by atoms with Crippen molar-refractivity contribution in [2.24, 2.45) is 0 Å². The molecule has 2 amide bonds. The molecule has 0 unspecified atom stereocenters. The van der Waals surface area contributed by atoms with Crippen LogP contribution in [0.5, 0.6) is 11.5 Å². The quantitative estimate of drug-likeness (QED) is 0.935. The van der Waals surface area contributed by atoms with Crippen molar-refractivity contribution in [3.8, 4) is 11.5 Å². The monoisotopic (exact) mass is 330 g/mol. The first kappa shape index (κ1) is 15.8. The largest absolute Gasteiger partial charge is 0.454 e. The van der Waals surface area contributed by atoms with Crippen molar-refractivity contribution < 1.29 is 23.5 Å². The summed E-state index contributed by atoms with van der Waals surface area (Å²) in [6.45, 7) is 1.31. The van der Waals surface area contributed by atoms with E-state index in [4.69, 9.17) is 9.47 Å². The summed E-state index contributed by atoms with van der Waals surface area (Å²) < 4.78 is 23.5. The first-order chi connectivity index (χ1) is 11.5. The van der Waals surface area contributed by atoms with Gasteiger partial charge >= 0.3 is 0 Å². The van der Waals surface area contributed by atoms with Gasteiger partial charge in [-0.3, -0.25) is 9.59 Å². The first-order valence-corrected chi connectivity index (χ1v) is 7.26. The van der Waals surface area contributed by atoms with Crippen molar-refractivity contribution >= 4 is 23.2 Å². The molecular formula is C17H15FN2O4. The number of hydrogen-bond donors (Lipinski definition) is 1. The molecular weight excluding hydrogens is 315 g/mol. The zero-order valence-electron chi connectivity index (χ0n) is 12.9. The lowest BCUT2D eigenvalue weighted by molar-refractivity contribution is -0.120. The van der Waals surface area contributed by atoms with Gasteiger partial charge in [-0.15, -0.1) is 0 Å². The van der Waals surface area contributed by atoms with Gasteiger partial charge in [-0.1, -0.05) is 0 Å². The number of benzene rings is 2. The van der Waals surface area contributed by atoms with Crippen LogP contribution in [0.25, 0.3) is 0 Å². The second kappa shape index (κ2) is 6.57. The van der Waals surface area contributed by atoms with E-state index in [0.717, 1.165) is 0 Å². The Labute approximate surface area is 137 Å². The summed E-state index contributed by atoms with van der Waals surface area (Å²) in [7, 11) is 0. The van der Waals surface area contributed by atoms with E-state index in [2.05, 4.69) is 5.32 Å². The van der Waals surface area contributed by atoms with Crippen LogP contribution in [0.1, 0.15) is 6.92 Å². The molecule has 0 spiro atoms. The number of nitrogens with zero attached hydrogens (tertiary/aromatic N) is 1. The topological polar surface area (TPSA) is 67.9 Å². The highest BCUT2D eigenvalue weighted by molar-refractivity contribution is 6.01. The number of carbonyl (C=O) groups excluding carboxylic acids is 2. The van der Waals surface area contributed by atoms with Crippen LogP contribution in [0.2, 0.25) is 0 Å². The molecule has 0 fully saturated rings. The van der Waals surface area contributed by atoms with Crippen molar-refractivity contribution in [2.45, 2.75) is 6.92 Å². The van der Waals surface area contributed by atoms with Gasteiger partial charge in [-0.25, -0.2) is 4.39 Å². The van der Waals surface area contributed by atoms with E-state index in [1.807, 2.05) is 0 Å². The molecule has 0 aliphatic carbocycles. The standard InChI is InChI=1S/C17H15FN2O4/c1-11(21)20(14-5-2-12(18)3-6-14)9-17(22)19-13-4-7-15-16(8-13)24-10-23-15/h2-8H,9-10H2,1H3,(H,19,22). The lowest BCUT2D eigenvalue weighted by Gasteiger charge is -2.20. The maximum Gasteiger partial charge on any atom is 0.244 e. The Morgan fingerprint density at radius 1 is 1.12 bits per heavy atom. The lowest BCUT2D eigenvalue weighted by atomic mass is 10.2. The van der Waals surface area contributed by atoms with Crippen molar-refractivity contribution in [3.05, 3.63) is 48.3 Å². The average Bonchev–Trinajstić information content (AvgIpc) is 3.01. The summed E-state index contributed by atoms with van der Waals surface area (Å²) in [6, 6.07) is 10.4. The fourth-order valence-corrected chi connectivity index (χ4v) is 2.32. The molecule has 1 aliphatic rings. The number of amides is 2. The molecule has 0 radical (unpaired) electrons. The smallest absolute Gasteiger partial charge is 0.244 e. The van der Waals surface area contributed by atoms with Gasteiger partial charge in [0.1, 0.15) is 12.4 Å². The predicted octanol–water partition coefficient (Wildman–Crippen LogP) is 2.55. The van der Waals surface area contributed by atoms with Crippen molar-refractivity contribution in [3.63, 3.8) is 0 Å². The fourth-order valence-electron chi connectivity index (χ4n) is 2.32.